The predicted octanol–water partition coefficient (Wildman–Crippen LogP) is 4.80. The van der Waals surface area contributed by atoms with Crippen molar-refractivity contribution in [2.45, 2.75) is 4.90 Å². The minimum atomic E-state index is 1.17. The molecule has 0 amide bonds. The van der Waals surface area contributed by atoms with Crippen molar-refractivity contribution in [3.63, 3.8) is 0 Å². The molecule has 0 fully saturated rings. The van der Waals surface area contributed by atoms with E-state index in [4.69, 9.17) is 0 Å². The lowest BCUT2D eigenvalue weighted by atomic mass is 10.4. The number of allylic oxidation sites excluding steroid dienone is 3. The van der Waals surface area contributed by atoms with E-state index in [9.17, 15) is 0 Å². The fraction of sp³-hybridized carbons (Fsp3) is 0. The standard InChI is InChI=1S/C12H12S.C6H6/c1-3-8-11(4-2)13-12-9-6-5-7-10-12;1-2-4-6-5-3-1/h3-10H,1-2H2;1-6H/p+1/b11-8+;. The third kappa shape index (κ3) is 7.12. The molecule has 0 heterocycles. The number of thiol groups is 1. The van der Waals surface area contributed by atoms with Crippen LogP contribution >= 0.6 is 0 Å². The predicted molar refractivity (Wildman–Crippen MR) is 88.4 cm³/mol. The van der Waals surface area contributed by atoms with Crippen molar-refractivity contribution in [3.8, 4) is 0 Å². The molecule has 0 nitrogen and oxygen atoms in total. The maximum absolute atomic E-state index is 3.75. The molecule has 0 saturated carbocycles. The lowest BCUT2D eigenvalue weighted by Gasteiger charge is -1.90. The van der Waals surface area contributed by atoms with Gasteiger partial charge in [0.1, 0.15) is 0 Å². The summed E-state index contributed by atoms with van der Waals surface area (Å²) in [6.45, 7) is 7.41. The lowest BCUT2D eigenvalue weighted by Crippen LogP contribution is -1.83. The largest absolute Gasteiger partial charge is 0.158 e. The van der Waals surface area contributed by atoms with Crippen molar-refractivity contribution in [1.29, 1.82) is 0 Å². The summed E-state index contributed by atoms with van der Waals surface area (Å²) < 4.78 is 0. The molecule has 0 saturated heterocycles. The normalized spacial score (nSPS) is 10.0. The Hall–Kier alpha value is -1.99. The van der Waals surface area contributed by atoms with Gasteiger partial charge in [0.2, 0.25) is 0 Å². The Kier molecular flexibility index (Phi) is 7.92. The first kappa shape index (κ1) is 15.1. The molecule has 0 bridgehead atoms. The molecule has 0 unspecified atom stereocenters. The summed E-state index contributed by atoms with van der Waals surface area (Å²) in [4.78, 5) is 2.44. The summed E-state index contributed by atoms with van der Waals surface area (Å²) in [5.74, 6) is 0. The Morgan fingerprint density at radius 3 is 1.68 bits per heavy atom. The van der Waals surface area contributed by atoms with Gasteiger partial charge in [-0.05, 0) is 24.3 Å². The third-order valence-electron chi connectivity index (χ3n) is 2.18. The molecular formula is C18H19S+. The van der Waals surface area contributed by atoms with Crippen LogP contribution in [0.1, 0.15) is 0 Å². The highest BCUT2D eigenvalue weighted by atomic mass is 32.2. The van der Waals surface area contributed by atoms with E-state index in [1.54, 1.807) is 6.08 Å². The molecule has 2 rings (SSSR count). The first-order valence-electron chi connectivity index (χ1n) is 6.09. The number of rotatable bonds is 4. The summed E-state index contributed by atoms with van der Waals surface area (Å²) in [5, 5.41) is 0. The highest BCUT2D eigenvalue weighted by Gasteiger charge is 2.04. The Balaban J connectivity index is 0.000000250. The van der Waals surface area contributed by atoms with Crippen LogP contribution in [-0.2, 0) is 11.8 Å². The summed E-state index contributed by atoms with van der Waals surface area (Å²) >= 11 is 1.18. The zero-order chi connectivity index (χ0) is 13.8. The fourth-order valence-corrected chi connectivity index (χ4v) is 2.20. The summed E-state index contributed by atoms with van der Waals surface area (Å²) in [5.41, 5.74) is 0. The first-order valence-corrected chi connectivity index (χ1v) is 6.98. The van der Waals surface area contributed by atoms with E-state index in [0.29, 0.717) is 0 Å². The van der Waals surface area contributed by atoms with E-state index >= 15 is 0 Å². The highest BCUT2D eigenvalue weighted by molar-refractivity contribution is 7.83. The van der Waals surface area contributed by atoms with E-state index in [1.165, 1.54) is 21.6 Å². The van der Waals surface area contributed by atoms with Gasteiger partial charge in [-0.1, -0.05) is 73.8 Å². The van der Waals surface area contributed by atoms with Gasteiger partial charge in [-0.15, -0.1) is 0 Å². The minimum absolute atomic E-state index is 1.17. The van der Waals surface area contributed by atoms with E-state index in [2.05, 4.69) is 25.3 Å². The molecule has 2 aromatic rings. The second-order valence-electron chi connectivity index (χ2n) is 3.63. The van der Waals surface area contributed by atoms with Crippen LogP contribution in [0.15, 0.2) is 108 Å². The van der Waals surface area contributed by atoms with Crippen LogP contribution in [0.5, 0.6) is 0 Å². The van der Waals surface area contributed by atoms with Gasteiger partial charge in [0.25, 0.3) is 0 Å². The molecular weight excluding hydrogens is 248 g/mol. The van der Waals surface area contributed by atoms with Gasteiger partial charge < -0.3 is 0 Å². The van der Waals surface area contributed by atoms with Crippen molar-refractivity contribution < 1.29 is 0 Å². The monoisotopic (exact) mass is 267 g/mol. The number of benzene rings is 2. The summed E-state index contributed by atoms with van der Waals surface area (Å²) in [6.07, 6.45) is 5.62. The highest BCUT2D eigenvalue weighted by Crippen LogP contribution is 2.10. The van der Waals surface area contributed by atoms with Crippen LogP contribution in [0, 0.1) is 0 Å². The lowest BCUT2D eigenvalue weighted by molar-refractivity contribution is 1.47. The Labute approximate surface area is 120 Å². The van der Waals surface area contributed by atoms with Crippen molar-refractivity contribution in [1.82, 2.24) is 0 Å². The molecule has 0 radical (unpaired) electrons. The van der Waals surface area contributed by atoms with Crippen LogP contribution in [0.25, 0.3) is 0 Å². The smallest absolute Gasteiger partial charge is 0.0989 e. The average Bonchev–Trinajstić information content (AvgIpc) is 2.50. The van der Waals surface area contributed by atoms with Gasteiger partial charge in [0, 0.05) is 11.8 Å². The second kappa shape index (κ2) is 9.98. The van der Waals surface area contributed by atoms with Gasteiger partial charge in [-0.2, -0.15) is 0 Å². The molecule has 0 N–H and O–H groups in total. The van der Waals surface area contributed by atoms with Crippen LogP contribution in [0.3, 0.4) is 0 Å². The van der Waals surface area contributed by atoms with Gasteiger partial charge in [-0.25, -0.2) is 0 Å². The van der Waals surface area contributed by atoms with Crippen molar-refractivity contribution in [2.75, 3.05) is 0 Å². The van der Waals surface area contributed by atoms with Gasteiger partial charge in [0.15, 0.2) is 9.80 Å². The van der Waals surface area contributed by atoms with Crippen molar-refractivity contribution in [3.05, 3.63) is 103 Å². The van der Waals surface area contributed by atoms with Crippen molar-refractivity contribution >= 4 is 11.8 Å². The molecule has 2 aromatic carbocycles. The molecule has 1 heteroatoms. The van der Waals surface area contributed by atoms with E-state index in [-0.39, 0.29) is 0 Å². The minimum Gasteiger partial charge on any atom is -0.0989 e. The molecule has 96 valence electrons. The van der Waals surface area contributed by atoms with Gasteiger partial charge in [0.05, 0.1) is 0 Å². The summed E-state index contributed by atoms with van der Waals surface area (Å²) in [6, 6.07) is 22.3. The molecule has 0 aliphatic carbocycles. The van der Waals surface area contributed by atoms with E-state index in [1.807, 2.05) is 66.7 Å². The number of hydrogen-bond acceptors (Lipinski definition) is 0. The first-order chi connectivity index (χ1) is 9.36. The maximum Gasteiger partial charge on any atom is 0.158 e. The Morgan fingerprint density at radius 1 is 0.789 bits per heavy atom. The molecule has 0 spiro atoms. The summed E-state index contributed by atoms with van der Waals surface area (Å²) in [7, 11) is 0. The van der Waals surface area contributed by atoms with E-state index in [0.717, 1.165) is 0 Å². The zero-order valence-corrected chi connectivity index (χ0v) is 11.8. The topological polar surface area (TPSA) is 0 Å². The SMILES string of the molecule is C=C/C=C(\C=C)[SH+]c1ccccc1.c1ccccc1. The number of hydrogen-bond donors (Lipinski definition) is 0. The van der Waals surface area contributed by atoms with Crippen LogP contribution in [0.4, 0.5) is 0 Å². The van der Waals surface area contributed by atoms with Crippen LogP contribution in [-0.4, -0.2) is 0 Å². The second-order valence-corrected chi connectivity index (χ2v) is 4.89. The van der Waals surface area contributed by atoms with Gasteiger partial charge >= 0.3 is 0 Å². The molecule has 0 aliphatic heterocycles. The third-order valence-corrected chi connectivity index (χ3v) is 3.32. The van der Waals surface area contributed by atoms with E-state index < -0.39 is 0 Å². The quantitative estimate of drug-likeness (QED) is 0.424. The van der Waals surface area contributed by atoms with Crippen LogP contribution < -0.4 is 0 Å². The molecule has 0 aromatic heterocycles. The maximum atomic E-state index is 3.75. The van der Waals surface area contributed by atoms with Crippen LogP contribution in [0.2, 0.25) is 0 Å². The zero-order valence-electron chi connectivity index (χ0n) is 10.9. The van der Waals surface area contributed by atoms with Gasteiger partial charge in [-0.3, -0.25) is 0 Å². The molecule has 19 heavy (non-hydrogen) atoms. The Morgan fingerprint density at radius 2 is 1.26 bits per heavy atom. The fourth-order valence-electron chi connectivity index (χ4n) is 1.31. The molecule has 0 aliphatic rings. The Bertz CT molecular complexity index is 471. The molecule has 0 atom stereocenters. The van der Waals surface area contributed by atoms with Crippen molar-refractivity contribution in [2.24, 2.45) is 0 Å². The average molecular weight is 267 g/mol.